The molecule has 4 aliphatic rings. The Bertz CT molecular complexity index is 1010. The number of fused-ring (bicyclic) bond motifs is 4. The highest BCUT2D eigenvalue weighted by Gasteiger charge is 2.42. The van der Waals surface area contributed by atoms with Crippen LogP contribution in [0.3, 0.4) is 0 Å². The van der Waals surface area contributed by atoms with E-state index in [1.165, 1.54) is 5.56 Å². The molecule has 0 aromatic heterocycles. The Morgan fingerprint density at radius 2 is 1.90 bits per heavy atom. The zero-order chi connectivity index (χ0) is 21.8. The molecule has 3 saturated heterocycles. The predicted octanol–water partition coefficient (Wildman–Crippen LogP) is 6.10. The number of amides is 1. The summed E-state index contributed by atoms with van der Waals surface area (Å²) in [6, 6.07) is 11.8. The number of carbonyl (C=O) groups is 1. The van der Waals surface area contributed by atoms with Crippen LogP contribution >= 0.6 is 23.2 Å². The summed E-state index contributed by atoms with van der Waals surface area (Å²) in [6.45, 7) is 7.52. The van der Waals surface area contributed by atoms with Gasteiger partial charge in [0.25, 0.3) is 0 Å². The van der Waals surface area contributed by atoms with E-state index in [4.69, 9.17) is 27.9 Å². The number of carbonyl (C=O) groups excluding carboxylic acids is 1. The van der Waals surface area contributed by atoms with Crippen LogP contribution in [0.15, 0.2) is 36.4 Å². The maximum Gasteiger partial charge on any atom is 0.407 e. The average molecular weight is 459 g/mol. The van der Waals surface area contributed by atoms with Crippen LogP contribution in [-0.2, 0) is 11.2 Å². The van der Waals surface area contributed by atoms with Crippen LogP contribution in [0.5, 0.6) is 0 Å². The van der Waals surface area contributed by atoms with Crippen molar-refractivity contribution in [2.75, 3.05) is 19.6 Å². The van der Waals surface area contributed by atoms with E-state index in [2.05, 4.69) is 42.3 Å². The lowest BCUT2D eigenvalue weighted by Crippen LogP contribution is -2.53. The first-order valence-corrected chi connectivity index (χ1v) is 11.8. The van der Waals surface area contributed by atoms with Gasteiger partial charge in [0.15, 0.2) is 0 Å². The van der Waals surface area contributed by atoms with E-state index in [0.717, 1.165) is 55.6 Å². The second kappa shape index (κ2) is 7.99. The smallest absolute Gasteiger partial charge is 0.407 e. The number of halogens is 2. The van der Waals surface area contributed by atoms with Crippen LogP contribution in [0.4, 0.5) is 4.79 Å². The lowest BCUT2D eigenvalue weighted by Gasteiger charge is -2.44. The van der Waals surface area contributed by atoms with E-state index in [1.54, 1.807) is 6.07 Å². The van der Waals surface area contributed by atoms with Gasteiger partial charge in [-0.15, -0.1) is 0 Å². The van der Waals surface area contributed by atoms with Crippen molar-refractivity contribution in [1.29, 1.82) is 0 Å². The first kappa shape index (κ1) is 21.1. The molecule has 31 heavy (non-hydrogen) atoms. The summed E-state index contributed by atoms with van der Waals surface area (Å²) in [5.41, 5.74) is 4.24. The quantitative estimate of drug-likeness (QED) is 0.603. The minimum absolute atomic E-state index is 0.0128. The van der Waals surface area contributed by atoms with Crippen LogP contribution in [0, 0.1) is 11.3 Å². The molecule has 0 spiro atoms. The molecule has 2 bridgehead atoms. The molecular weight excluding hydrogens is 431 g/mol. The molecule has 3 aliphatic heterocycles. The molecule has 1 N–H and O–H groups in total. The van der Waals surface area contributed by atoms with Gasteiger partial charge in [0.05, 0.1) is 6.04 Å². The molecule has 2 atom stereocenters. The fourth-order valence-electron chi connectivity index (χ4n) is 5.55. The molecule has 2 aromatic carbocycles. The van der Waals surface area contributed by atoms with Gasteiger partial charge < -0.3 is 10.1 Å². The Kier molecular flexibility index (Phi) is 5.44. The number of ether oxygens (including phenoxy) is 1. The third-order valence-electron chi connectivity index (χ3n) is 7.24. The van der Waals surface area contributed by atoms with E-state index in [-0.39, 0.29) is 23.7 Å². The first-order valence-electron chi connectivity index (χ1n) is 11.1. The minimum Gasteiger partial charge on any atom is -0.445 e. The molecule has 4 nitrogen and oxygen atoms in total. The fourth-order valence-corrected chi connectivity index (χ4v) is 5.95. The third kappa shape index (κ3) is 4.06. The van der Waals surface area contributed by atoms with Crippen LogP contribution in [-0.4, -0.2) is 36.7 Å². The molecule has 164 valence electrons. The highest BCUT2D eigenvalue weighted by molar-refractivity contribution is 6.35. The highest BCUT2D eigenvalue weighted by Crippen LogP contribution is 2.47. The Morgan fingerprint density at radius 1 is 1.13 bits per heavy atom. The maximum absolute atomic E-state index is 12.8. The molecule has 3 fully saturated rings. The van der Waals surface area contributed by atoms with Crippen LogP contribution in [0.2, 0.25) is 10.0 Å². The standard InChI is InChI=1S/C25H28Cl2N2O2/c1-25(2)13-17-11-16(20-12-18(26)4-6-21(20)27)3-5-19(17)23(25)28-24(30)31-22-14-29-9-7-15(22)8-10-29/h3-6,11-12,15,22-23H,7-10,13-14H2,1-2H3,(H,28,30)/t22-,23?/m1/s1. The van der Waals surface area contributed by atoms with E-state index in [1.807, 2.05) is 12.1 Å². The number of nitrogens with one attached hydrogen (secondary N) is 1. The van der Waals surface area contributed by atoms with Gasteiger partial charge in [-0.25, -0.2) is 4.79 Å². The van der Waals surface area contributed by atoms with Crippen LogP contribution in [0.25, 0.3) is 11.1 Å². The normalized spacial score (nSPS) is 28.3. The minimum atomic E-state index is -0.299. The van der Waals surface area contributed by atoms with Gasteiger partial charge in [0, 0.05) is 22.2 Å². The summed E-state index contributed by atoms with van der Waals surface area (Å²) in [6.07, 6.45) is 2.85. The van der Waals surface area contributed by atoms with Gasteiger partial charge in [-0.3, -0.25) is 4.90 Å². The molecule has 6 rings (SSSR count). The van der Waals surface area contributed by atoms with E-state index < -0.39 is 0 Å². The molecule has 1 amide bonds. The molecule has 0 saturated carbocycles. The lowest BCUT2D eigenvalue weighted by atomic mass is 9.85. The molecule has 2 aromatic rings. The number of nitrogens with zero attached hydrogens (tertiary/aromatic N) is 1. The number of hydrogen-bond acceptors (Lipinski definition) is 3. The van der Waals surface area contributed by atoms with Crippen molar-refractivity contribution in [2.45, 2.75) is 45.3 Å². The van der Waals surface area contributed by atoms with Gasteiger partial charge in [-0.2, -0.15) is 0 Å². The van der Waals surface area contributed by atoms with Crippen molar-refractivity contribution < 1.29 is 9.53 Å². The topological polar surface area (TPSA) is 41.6 Å². The SMILES string of the molecule is CC1(C)Cc2cc(-c3cc(Cl)ccc3Cl)ccc2C1NC(=O)O[C@@H]1CN2CCC1CC2. The van der Waals surface area contributed by atoms with Crippen molar-refractivity contribution in [2.24, 2.45) is 11.3 Å². The zero-order valence-corrected chi connectivity index (χ0v) is 19.5. The summed E-state index contributed by atoms with van der Waals surface area (Å²) in [5, 5.41) is 4.53. The van der Waals surface area contributed by atoms with Crippen molar-refractivity contribution in [3.8, 4) is 11.1 Å². The van der Waals surface area contributed by atoms with Gasteiger partial charge >= 0.3 is 6.09 Å². The van der Waals surface area contributed by atoms with Crippen LogP contribution < -0.4 is 5.32 Å². The Balaban J connectivity index is 1.35. The summed E-state index contributed by atoms with van der Waals surface area (Å²) in [5.74, 6) is 0.504. The van der Waals surface area contributed by atoms with Crippen molar-refractivity contribution in [3.63, 3.8) is 0 Å². The summed E-state index contributed by atoms with van der Waals surface area (Å²) < 4.78 is 5.89. The Hall–Kier alpha value is -1.75. The molecule has 6 heteroatoms. The van der Waals surface area contributed by atoms with Gasteiger partial charge in [-0.1, -0.05) is 55.2 Å². The number of alkyl carbamates (subject to hydrolysis) is 1. The van der Waals surface area contributed by atoms with Gasteiger partial charge in [0.1, 0.15) is 6.10 Å². The second-order valence-electron chi connectivity index (χ2n) is 9.86. The largest absolute Gasteiger partial charge is 0.445 e. The highest BCUT2D eigenvalue weighted by atomic mass is 35.5. The molecule has 3 heterocycles. The summed E-state index contributed by atoms with van der Waals surface area (Å²) in [4.78, 5) is 15.2. The van der Waals surface area contributed by atoms with Crippen molar-refractivity contribution >= 4 is 29.3 Å². The Labute approximate surface area is 193 Å². The van der Waals surface area contributed by atoms with E-state index >= 15 is 0 Å². The monoisotopic (exact) mass is 458 g/mol. The van der Waals surface area contributed by atoms with E-state index in [0.29, 0.717) is 16.0 Å². The van der Waals surface area contributed by atoms with Crippen molar-refractivity contribution in [1.82, 2.24) is 10.2 Å². The molecule has 1 aliphatic carbocycles. The predicted molar refractivity (Wildman–Crippen MR) is 125 cm³/mol. The summed E-state index contributed by atoms with van der Waals surface area (Å²) >= 11 is 12.6. The van der Waals surface area contributed by atoms with E-state index in [9.17, 15) is 4.79 Å². The maximum atomic E-state index is 12.8. The second-order valence-corrected chi connectivity index (χ2v) is 10.7. The zero-order valence-electron chi connectivity index (χ0n) is 18.0. The number of rotatable bonds is 3. The molecule has 0 radical (unpaired) electrons. The molecule has 1 unspecified atom stereocenters. The van der Waals surface area contributed by atoms with Crippen LogP contribution in [0.1, 0.15) is 43.9 Å². The molecular formula is C25H28Cl2N2O2. The lowest BCUT2D eigenvalue weighted by molar-refractivity contribution is -0.0348. The Morgan fingerprint density at radius 3 is 2.61 bits per heavy atom. The van der Waals surface area contributed by atoms with Gasteiger partial charge in [-0.05, 0) is 78.6 Å². The fraction of sp³-hybridized carbons (Fsp3) is 0.480. The van der Waals surface area contributed by atoms with Gasteiger partial charge in [0.2, 0.25) is 0 Å². The average Bonchev–Trinajstić information content (AvgIpc) is 2.99. The number of piperidine rings is 3. The third-order valence-corrected chi connectivity index (χ3v) is 7.80. The van der Waals surface area contributed by atoms with Crippen molar-refractivity contribution in [3.05, 3.63) is 57.6 Å². The summed E-state index contributed by atoms with van der Waals surface area (Å²) in [7, 11) is 0. The number of benzene rings is 2. The number of hydrogen-bond donors (Lipinski definition) is 1. The first-order chi connectivity index (χ1) is 14.8.